The topological polar surface area (TPSA) is 18.5 Å². The van der Waals surface area contributed by atoms with Crippen LogP contribution in [0.5, 0.6) is 0 Å². The van der Waals surface area contributed by atoms with Crippen molar-refractivity contribution in [2.24, 2.45) is 0 Å². The van der Waals surface area contributed by atoms with Crippen molar-refractivity contribution in [1.82, 2.24) is 9.80 Å². The summed E-state index contributed by atoms with van der Waals surface area (Å²) >= 11 is 0. The van der Waals surface area contributed by atoms with Crippen molar-refractivity contribution in [3.8, 4) is 0 Å². The Bertz CT molecular complexity index is 444. The Morgan fingerprint density at radius 3 is 3.00 bits per heavy atom. The minimum absolute atomic E-state index is 0.656. The molecule has 2 unspecified atom stereocenters. The molecule has 0 aliphatic carbocycles. The summed E-state index contributed by atoms with van der Waals surface area (Å²) in [5, 5.41) is 3.76. The number of nitrogens with one attached hydrogen (secondary N) is 1. The molecule has 2 aliphatic rings. The van der Waals surface area contributed by atoms with Gasteiger partial charge < -0.3 is 15.1 Å². The van der Waals surface area contributed by atoms with Crippen LogP contribution in [0.1, 0.15) is 31.2 Å². The molecule has 110 valence electrons. The lowest BCUT2D eigenvalue weighted by molar-refractivity contribution is 0.188. The highest BCUT2D eigenvalue weighted by molar-refractivity contribution is 5.46. The van der Waals surface area contributed by atoms with Gasteiger partial charge in [-0.1, -0.05) is 12.1 Å². The van der Waals surface area contributed by atoms with Gasteiger partial charge in [-0.05, 0) is 64.0 Å². The average Bonchev–Trinajstić information content (AvgIpc) is 2.85. The number of fused-ring (bicyclic) bond motifs is 1. The molecule has 2 heterocycles. The summed E-state index contributed by atoms with van der Waals surface area (Å²) in [6.45, 7) is 3.62. The second-order valence-corrected chi connectivity index (χ2v) is 6.64. The van der Waals surface area contributed by atoms with Gasteiger partial charge in [0, 0.05) is 30.9 Å². The van der Waals surface area contributed by atoms with Crippen molar-refractivity contribution >= 4 is 5.69 Å². The maximum absolute atomic E-state index is 3.76. The minimum atomic E-state index is 0.656. The first-order valence-corrected chi connectivity index (χ1v) is 7.95. The molecule has 1 aromatic carbocycles. The van der Waals surface area contributed by atoms with Crippen molar-refractivity contribution in [3.63, 3.8) is 0 Å². The minimum Gasteiger partial charge on any atom is -0.382 e. The highest BCUT2D eigenvalue weighted by Crippen LogP contribution is 2.28. The van der Waals surface area contributed by atoms with Crippen molar-refractivity contribution in [1.29, 1.82) is 0 Å². The molecule has 0 saturated carbocycles. The molecule has 0 bridgehead atoms. The zero-order valence-electron chi connectivity index (χ0n) is 12.8. The van der Waals surface area contributed by atoms with Crippen LogP contribution < -0.4 is 5.32 Å². The second-order valence-electron chi connectivity index (χ2n) is 6.64. The SMILES string of the molecule is CN(C)Cc1cccc(NC2CCN3CCCC3C2)c1. The van der Waals surface area contributed by atoms with Gasteiger partial charge in [0.25, 0.3) is 0 Å². The molecule has 1 N–H and O–H groups in total. The normalized spacial score (nSPS) is 26.8. The molecule has 2 atom stereocenters. The molecule has 20 heavy (non-hydrogen) atoms. The Labute approximate surface area is 123 Å². The van der Waals surface area contributed by atoms with E-state index in [1.165, 1.54) is 50.0 Å². The van der Waals surface area contributed by atoms with Gasteiger partial charge in [0.05, 0.1) is 0 Å². The second kappa shape index (κ2) is 6.15. The van der Waals surface area contributed by atoms with E-state index in [1.54, 1.807) is 0 Å². The van der Waals surface area contributed by atoms with E-state index in [0.717, 1.165) is 12.6 Å². The predicted octanol–water partition coefficient (Wildman–Crippen LogP) is 2.79. The molecule has 0 amide bonds. The van der Waals surface area contributed by atoms with Crippen molar-refractivity contribution < 1.29 is 0 Å². The Morgan fingerprint density at radius 2 is 2.15 bits per heavy atom. The van der Waals surface area contributed by atoms with Crippen molar-refractivity contribution in [2.45, 2.75) is 44.3 Å². The molecular formula is C17H27N3. The van der Waals surface area contributed by atoms with Crippen LogP contribution in [0.4, 0.5) is 5.69 Å². The Morgan fingerprint density at radius 1 is 1.25 bits per heavy atom. The molecule has 3 heteroatoms. The van der Waals surface area contributed by atoms with Gasteiger partial charge in [-0.2, -0.15) is 0 Å². The van der Waals surface area contributed by atoms with Crippen molar-refractivity contribution in [2.75, 3.05) is 32.5 Å². The smallest absolute Gasteiger partial charge is 0.0345 e. The van der Waals surface area contributed by atoms with Crippen molar-refractivity contribution in [3.05, 3.63) is 29.8 Å². The summed E-state index contributed by atoms with van der Waals surface area (Å²) in [5.41, 5.74) is 2.68. The molecule has 0 spiro atoms. The number of anilines is 1. The number of benzene rings is 1. The summed E-state index contributed by atoms with van der Waals surface area (Å²) in [6.07, 6.45) is 5.40. The first-order chi connectivity index (χ1) is 9.70. The number of nitrogens with zero attached hydrogens (tertiary/aromatic N) is 2. The standard InChI is InChI=1S/C17H27N3/c1-19(2)13-14-5-3-6-15(11-14)18-16-8-10-20-9-4-7-17(20)12-16/h3,5-6,11,16-18H,4,7-10,12-13H2,1-2H3. The van der Waals surface area contributed by atoms with Crippen LogP contribution in [0.15, 0.2) is 24.3 Å². The van der Waals surface area contributed by atoms with E-state index in [-0.39, 0.29) is 0 Å². The van der Waals surface area contributed by atoms with E-state index in [2.05, 4.69) is 53.5 Å². The summed E-state index contributed by atoms with van der Waals surface area (Å²) in [7, 11) is 4.24. The molecule has 2 fully saturated rings. The predicted molar refractivity (Wildman–Crippen MR) is 85.1 cm³/mol. The fraction of sp³-hybridized carbons (Fsp3) is 0.647. The maximum Gasteiger partial charge on any atom is 0.0345 e. The van der Waals surface area contributed by atoms with Gasteiger partial charge in [-0.3, -0.25) is 0 Å². The third-order valence-electron chi connectivity index (χ3n) is 4.62. The Hall–Kier alpha value is -1.06. The van der Waals surface area contributed by atoms with Crippen LogP contribution in [-0.2, 0) is 6.54 Å². The van der Waals surface area contributed by atoms with Crippen LogP contribution in [0.2, 0.25) is 0 Å². The zero-order valence-corrected chi connectivity index (χ0v) is 12.8. The summed E-state index contributed by atoms with van der Waals surface area (Å²) in [5.74, 6) is 0. The number of piperidine rings is 1. The average molecular weight is 273 g/mol. The summed E-state index contributed by atoms with van der Waals surface area (Å²) < 4.78 is 0. The lowest BCUT2D eigenvalue weighted by Crippen LogP contribution is -2.42. The maximum atomic E-state index is 3.76. The van der Waals surface area contributed by atoms with E-state index in [9.17, 15) is 0 Å². The molecule has 0 aromatic heterocycles. The van der Waals surface area contributed by atoms with Gasteiger partial charge in [-0.25, -0.2) is 0 Å². The van der Waals surface area contributed by atoms with Crippen LogP contribution in [0.25, 0.3) is 0 Å². The first-order valence-electron chi connectivity index (χ1n) is 7.95. The van der Waals surface area contributed by atoms with Gasteiger partial charge in [-0.15, -0.1) is 0 Å². The molecule has 2 saturated heterocycles. The van der Waals surface area contributed by atoms with Crippen LogP contribution in [-0.4, -0.2) is 49.1 Å². The molecule has 1 aromatic rings. The molecule has 2 aliphatic heterocycles. The fourth-order valence-corrected chi connectivity index (χ4v) is 3.72. The first kappa shape index (κ1) is 13.9. The van der Waals surface area contributed by atoms with Gasteiger partial charge >= 0.3 is 0 Å². The number of hydrogen-bond acceptors (Lipinski definition) is 3. The number of hydrogen-bond donors (Lipinski definition) is 1. The quantitative estimate of drug-likeness (QED) is 0.910. The summed E-state index contributed by atoms with van der Waals surface area (Å²) in [6, 6.07) is 10.4. The highest BCUT2D eigenvalue weighted by Gasteiger charge is 2.31. The Kier molecular flexibility index (Phi) is 4.27. The van der Waals surface area contributed by atoms with Crippen LogP contribution in [0, 0.1) is 0 Å². The van der Waals surface area contributed by atoms with Gasteiger partial charge in [0.15, 0.2) is 0 Å². The lowest BCUT2D eigenvalue weighted by Gasteiger charge is -2.35. The van der Waals surface area contributed by atoms with Gasteiger partial charge in [0.2, 0.25) is 0 Å². The Balaban J connectivity index is 1.60. The van der Waals surface area contributed by atoms with E-state index >= 15 is 0 Å². The van der Waals surface area contributed by atoms with E-state index in [4.69, 9.17) is 0 Å². The molecule has 3 rings (SSSR count). The third kappa shape index (κ3) is 3.33. The fourth-order valence-electron chi connectivity index (χ4n) is 3.72. The van der Waals surface area contributed by atoms with Crippen LogP contribution >= 0.6 is 0 Å². The van der Waals surface area contributed by atoms with E-state index in [1.807, 2.05) is 0 Å². The van der Waals surface area contributed by atoms with E-state index < -0.39 is 0 Å². The molecule has 3 nitrogen and oxygen atoms in total. The summed E-state index contributed by atoms with van der Waals surface area (Å²) in [4.78, 5) is 4.90. The highest BCUT2D eigenvalue weighted by atomic mass is 15.2. The molecule has 0 radical (unpaired) electrons. The third-order valence-corrected chi connectivity index (χ3v) is 4.62. The lowest BCUT2D eigenvalue weighted by atomic mass is 9.97. The monoisotopic (exact) mass is 273 g/mol. The number of rotatable bonds is 4. The largest absolute Gasteiger partial charge is 0.382 e. The zero-order chi connectivity index (χ0) is 13.9. The van der Waals surface area contributed by atoms with Gasteiger partial charge in [0.1, 0.15) is 0 Å². The molecular weight excluding hydrogens is 246 g/mol. The van der Waals surface area contributed by atoms with Crippen LogP contribution in [0.3, 0.4) is 0 Å². The van der Waals surface area contributed by atoms with E-state index in [0.29, 0.717) is 6.04 Å².